The lowest BCUT2D eigenvalue weighted by atomic mass is 9.94. The number of nitrogens with one attached hydrogen (secondary N) is 1. The molecule has 2 atom stereocenters. The first-order valence-electron chi connectivity index (χ1n) is 7.11. The Morgan fingerprint density at radius 3 is 3.05 bits per heavy atom. The standard InChI is InChI=1S/C16H22N2S/c1-12-10-18(2)8-7-15(12)17-9-13-11-19-16-6-4-3-5-14(13)16/h3-6,11-12,15,17H,7-10H2,1-2H3. The number of hydrogen-bond acceptors (Lipinski definition) is 3. The van der Waals surface area contributed by atoms with E-state index >= 15 is 0 Å². The molecule has 19 heavy (non-hydrogen) atoms. The maximum atomic E-state index is 3.77. The normalized spacial score (nSPS) is 24.9. The fourth-order valence-corrected chi connectivity index (χ4v) is 4.03. The number of hydrogen-bond donors (Lipinski definition) is 1. The van der Waals surface area contributed by atoms with Crippen molar-refractivity contribution in [2.45, 2.75) is 25.9 Å². The molecule has 0 bridgehead atoms. The minimum absolute atomic E-state index is 0.662. The summed E-state index contributed by atoms with van der Waals surface area (Å²) in [6, 6.07) is 9.36. The lowest BCUT2D eigenvalue weighted by molar-refractivity contribution is 0.174. The van der Waals surface area contributed by atoms with Crippen LogP contribution < -0.4 is 5.32 Å². The quantitative estimate of drug-likeness (QED) is 0.923. The van der Waals surface area contributed by atoms with Crippen molar-refractivity contribution in [1.29, 1.82) is 0 Å². The van der Waals surface area contributed by atoms with E-state index in [1.807, 2.05) is 11.3 Å². The second kappa shape index (κ2) is 5.61. The number of nitrogens with zero attached hydrogens (tertiary/aromatic N) is 1. The van der Waals surface area contributed by atoms with Gasteiger partial charge in [-0.2, -0.15) is 0 Å². The molecule has 0 saturated carbocycles. The van der Waals surface area contributed by atoms with Crippen LogP contribution in [0.2, 0.25) is 0 Å². The first-order valence-corrected chi connectivity index (χ1v) is 7.99. The Balaban J connectivity index is 1.66. The van der Waals surface area contributed by atoms with Gasteiger partial charge in [0.25, 0.3) is 0 Å². The van der Waals surface area contributed by atoms with Gasteiger partial charge in [0.05, 0.1) is 0 Å². The van der Waals surface area contributed by atoms with Gasteiger partial charge < -0.3 is 10.2 Å². The van der Waals surface area contributed by atoms with Crippen LogP contribution in [0.15, 0.2) is 29.6 Å². The summed E-state index contributed by atoms with van der Waals surface area (Å²) < 4.78 is 1.40. The molecule has 2 nitrogen and oxygen atoms in total. The van der Waals surface area contributed by atoms with Crippen molar-refractivity contribution in [1.82, 2.24) is 10.2 Å². The van der Waals surface area contributed by atoms with E-state index in [0.29, 0.717) is 6.04 Å². The SMILES string of the molecule is CC1CN(C)CCC1NCc1csc2ccccc12. The number of rotatable bonds is 3. The maximum absolute atomic E-state index is 3.77. The molecule has 0 aliphatic carbocycles. The summed E-state index contributed by atoms with van der Waals surface area (Å²) in [5, 5.41) is 7.49. The highest BCUT2D eigenvalue weighted by Gasteiger charge is 2.23. The van der Waals surface area contributed by atoms with E-state index in [1.54, 1.807) is 0 Å². The topological polar surface area (TPSA) is 15.3 Å². The van der Waals surface area contributed by atoms with E-state index in [-0.39, 0.29) is 0 Å². The van der Waals surface area contributed by atoms with Crippen LogP contribution in [0.25, 0.3) is 10.1 Å². The van der Waals surface area contributed by atoms with Crippen LogP contribution in [0.5, 0.6) is 0 Å². The molecule has 1 N–H and O–H groups in total. The summed E-state index contributed by atoms with van der Waals surface area (Å²) in [5.74, 6) is 0.739. The number of benzene rings is 1. The Labute approximate surface area is 119 Å². The van der Waals surface area contributed by atoms with Gasteiger partial charge in [0, 0.05) is 23.8 Å². The van der Waals surface area contributed by atoms with Gasteiger partial charge in [0.15, 0.2) is 0 Å². The average molecular weight is 274 g/mol. The molecule has 2 unspecified atom stereocenters. The molecular formula is C16H22N2S. The Hall–Kier alpha value is -0.900. The van der Waals surface area contributed by atoms with E-state index in [9.17, 15) is 0 Å². The fraction of sp³-hybridized carbons (Fsp3) is 0.500. The molecule has 1 aliphatic heterocycles. The van der Waals surface area contributed by atoms with Crippen LogP contribution in [-0.4, -0.2) is 31.1 Å². The number of likely N-dealkylation sites (tertiary alicyclic amines) is 1. The van der Waals surface area contributed by atoms with Crippen LogP contribution in [0.4, 0.5) is 0 Å². The van der Waals surface area contributed by atoms with E-state index < -0.39 is 0 Å². The molecule has 0 spiro atoms. The molecule has 0 radical (unpaired) electrons. The van der Waals surface area contributed by atoms with Crippen molar-refractivity contribution >= 4 is 21.4 Å². The zero-order chi connectivity index (χ0) is 13.2. The smallest absolute Gasteiger partial charge is 0.0346 e. The van der Waals surface area contributed by atoms with Gasteiger partial charge in [-0.05, 0) is 48.3 Å². The predicted octanol–water partition coefficient (Wildman–Crippen LogP) is 3.33. The molecule has 1 saturated heterocycles. The van der Waals surface area contributed by atoms with Crippen LogP contribution >= 0.6 is 11.3 Å². The van der Waals surface area contributed by atoms with Gasteiger partial charge >= 0.3 is 0 Å². The molecule has 3 rings (SSSR count). The van der Waals surface area contributed by atoms with Crippen molar-refractivity contribution in [3.05, 3.63) is 35.2 Å². The molecular weight excluding hydrogens is 252 g/mol. The van der Waals surface area contributed by atoms with Crippen molar-refractivity contribution in [2.24, 2.45) is 5.92 Å². The zero-order valence-electron chi connectivity index (χ0n) is 11.7. The third-order valence-electron chi connectivity index (χ3n) is 4.22. The molecule has 0 amide bonds. The van der Waals surface area contributed by atoms with Crippen LogP contribution in [0.1, 0.15) is 18.9 Å². The molecule has 2 heterocycles. The van der Waals surface area contributed by atoms with E-state index in [4.69, 9.17) is 0 Å². The van der Waals surface area contributed by atoms with Crippen molar-refractivity contribution in [3.8, 4) is 0 Å². The van der Waals surface area contributed by atoms with E-state index in [1.165, 1.54) is 35.2 Å². The minimum atomic E-state index is 0.662. The van der Waals surface area contributed by atoms with Gasteiger partial charge in [0.1, 0.15) is 0 Å². The number of thiophene rings is 1. The maximum Gasteiger partial charge on any atom is 0.0346 e. The van der Waals surface area contributed by atoms with Gasteiger partial charge in [-0.25, -0.2) is 0 Å². The highest BCUT2D eigenvalue weighted by atomic mass is 32.1. The third kappa shape index (κ3) is 2.83. The third-order valence-corrected chi connectivity index (χ3v) is 5.24. The van der Waals surface area contributed by atoms with Crippen molar-refractivity contribution < 1.29 is 0 Å². The Morgan fingerprint density at radius 1 is 1.37 bits per heavy atom. The predicted molar refractivity (Wildman–Crippen MR) is 83.7 cm³/mol. The molecule has 2 aromatic rings. The van der Waals surface area contributed by atoms with Crippen LogP contribution in [-0.2, 0) is 6.54 Å². The minimum Gasteiger partial charge on any atom is -0.310 e. The largest absolute Gasteiger partial charge is 0.310 e. The second-order valence-electron chi connectivity index (χ2n) is 5.77. The van der Waals surface area contributed by atoms with Gasteiger partial charge in [-0.1, -0.05) is 25.1 Å². The zero-order valence-corrected chi connectivity index (χ0v) is 12.5. The number of piperidine rings is 1. The number of fused-ring (bicyclic) bond motifs is 1. The van der Waals surface area contributed by atoms with Gasteiger partial charge in [-0.15, -0.1) is 11.3 Å². The monoisotopic (exact) mass is 274 g/mol. The molecule has 1 aliphatic rings. The second-order valence-corrected chi connectivity index (χ2v) is 6.68. The average Bonchev–Trinajstić information content (AvgIpc) is 2.81. The van der Waals surface area contributed by atoms with Gasteiger partial charge in [-0.3, -0.25) is 0 Å². The van der Waals surface area contributed by atoms with Crippen LogP contribution in [0.3, 0.4) is 0 Å². The Morgan fingerprint density at radius 2 is 2.21 bits per heavy atom. The Kier molecular flexibility index (Phi) is 3.87. The van der Waals surface area contributed by atoms with Crippen molar-refractivity contribution in [3.63, 3.8) is 0 Å². The molecule has 1 aromatic carbocycles. The van der Waals surface area contributed by atoms with Crippen molar-refractivity contribution in [2.75, 3.05) is 20.1 Å². The first-order chi connectivity index (χ1) is 9.24. The summed E-state index contributed by atoms with van der Waals surface area (Å²) in [7, 11) is 2.22. The summed E-state index contributed by atoms with van der Waals surface area (Å²) in [6.07, 6.45) is 1.26. The lowest BCUT2D eigenvalue weighted by Gasteiger charge is -2.35. The molecule has 1 aromatic heterocycles. The summed E-state index contributed by atoms with van der Waals surface area (Å²) in [5.41, 5.74) is 1.45. The summed E-state index contributed by atoms with van der Waals surface area (Å²) in [6.45, 7) is 5.79. The lowest BCUT2D eigenvalue weighted by Crippen LogP contribution is -2.46. The first kappa shape index (κ1) is 13.1. The highest BCUT2D eigenvalue weighted by Crippen LogP contribution is 2.26. The van der Waals surface area contributed by atoms with Gasteiger partial charge in [0.2, 0.25) is 0 Å². The summed E-state index contributed by atoms with van der Waals surface area (Å²) >= 11 is 1.85. The van der Waals surface area contributed by atoms with E-state index in [0.717, 1.165) is 12.5 Å². The molecule has 1 fully saturated rings. The molecule has 3 heteroatoms. The fourth-order valence-electron chi connectivity index (χ4n) is 3.07. The van der Waals surface area contributed by atoms with E-state index in [2.05, 4.69) is 53.8 Å². The molecule has 102 valence electrons. The summed E-state index contributed by atoms with van der Waals surface area (Å²) in [4.78, 5) is 2.43. The Bertz CT molecular complexity index is 548. The van der Waals surface area contributed by atoms with Crippen LogP contribution in [0, 0.1) is 5.92 Å². The highest BCUT2D eigenvalue weighted by molar-refractivity contribution is 7.17.